The molecule has 1 saturated heterocycles. The number of carboxylic acid groups (broad SMARTS) is 1. The molecule has 0 aliphatic carbocycles. The SMILES string of the molecule is CSc1nc2ncnc(N3CCC(C(=O)O)CC3)c2s1. The number of hydrogen-bond acceptors (Lipinski definition) is 7. The molecule has 3 rings (SSSR count). The van der Waals surface area contributed by atoms with Crippen molar-refractivity contribution in [1.29, 1.82) is 0 Å². The fourth-order valence-electron chi connectivity index (χ4n) is 2.37. The monoisotopic (exact) mass is 310 g/mol. The van der Waals surface area contributed by atoms with Gasteiger partial charge in [-0.25, -0.2) is 15.0 Å². The van der Waals surface area contributed by atoms with Crippen molar-refractivity contribution in [2.45, 2.75) is 17.2 Å². The predicted molar refractivity (Wildman–Crippen MR) is 79.6 cm³/mol. The first-order valence-corrected chi connectivity index (χ1v) is 8.36. The number of thioether (sulfide) groups is 1. The molecule has 0 saturated carbocycles. The molecule has 0 bridgehead atoms. The largest absolute Gasteiger partial charge is 0.481 e. The van der Waals surface area contributed by atoms with Gasteiger partial charge in [-0.05, 0) is 19.1 Å². The van der Waals surface area contributed by atoms with Gasteiger partial charge in [-0.1, -0.05) is 11.8 Å². The summed E-state index contributed by atoms with van der Waals surface area (Å²) in [5, 5.41) is 9.05. The van der Waals surface area contributed by atoms with Crippen molar-refractivity contribution in [1.82, 2.24) is 15.0 Å². The summed E-state index contributed by atoms with van der Waals surface area (Å²) in [6.45, 7) is 1.44. The van der Waals surface area contributed by atoms with Gasteiger partial charge in [0.1, 0.15) is 11.0 Å². The van der Waals surface area contributed by atoms with Crippen LogP contribution in [0.3, 0.4) is 0 Å². The lowest BCUT2D eigenvalue weighted by Crippen LogP contribution is -2.36. The summed E-state index contributed by atoms with van der Waals surface area (Å²) in [4.78, 5) is 26.2. The minimum absolute atomic E-state index is 0.230. The van der Waals surface area contributed by atoms with Crippen molar-refractivity contribution < 1.29 is 9.90 Å². The highest BCUT2D eigenvalue weighted by Gasteiger charge is 2.26. The van der Waals surface area contributed by atoms with Crippen LogP contribution < -0.4 is 4.90 Å². The number of carboxylic acids is 1. The van der Waals surface area contributed by atoms with Crippen LogP contribution >= 0.6 is 23.1 Å². The van der Waals surface area contributed by atoms with E-state index in [1.54, 1.807) is 23.1 Å². The Labute approximate surface area is 124 Å². The molecular weight excluding hydrogens is 296 g/mol. The summed E-state index contributed by atoms with van der Waals surface area (Å²) < 4.78 is 1.97. The van der Waals surface area contributed by atoms with E-state index >= 15 is 0 Å². The average molecular weight is 310 g/mol. The molecule has 1 N–H and O–H groups in total. The molecule has 106 valence electrons. The van der Waals surface area contributed by atoms with Crippen LogP contribution in [0.5, 0.6) is 0 Å². The summed E-state index contributed by atoms with van der Waals surface area (Å²) in [6.07, 6.45) is 4.85. The van der Waals surface area contributed by atoms with Gasteiger partial charge >= 0.3 is 5.97 Å². The second-order valence-electron chi connectivity index (χ2n) is 4.63. The van der Waals surface area contributed by atoms with Gasteiger partial charge in [0, 0.05) is 13.1 Å². The molecule has 1 fully saturated rings. The Hall–Kier alpha value is -1.41. The summed E-state index contributed by atoms with van der Waals surface area (Å²) in [6, 6.07) is 0. The molecule has 0 radical (unpaired) electrons. The zero-order chi connectivity index (χ0) is 14.1. The van der Waals surface area contributed by atoms with E-state index in [0.717, 1.165) is 33.6 Å². The third-order valence-electron chi connectivity index (χ3n) is 3.47. The quantitative estimate of drug-likeness (QED) is 0.870. The minimum atomic E-state index is -0.694. The van der Waals surface area contributed by atoms with E-state index in [4.69, 9.17) is 5.11 Å². The number of rotatable bonds is 3. The van der Waals surface area contributed by atoms with Crippen molar-refractivity contribution >= 4 is 45.2 Å². The molecule has 1 aliphatic heterocycles. The molecule has 8 heteroatoms. The molecule has 0 spiro atoms. The molecule has 6 nitrogen and oxygen atoms in total. The van der Waals surface area contributed by atoms with E-state index < -0.39 is 5.97 Å². The first-order valence-electron chi connectivity index (χ1n) is 6.32. The number of fused-ring (bicyclic) bond motifs is 1. The summed E-state index contributed by atoms with van der Waals surface area (Å²) in [7, 11) is 0. The Bertz CT molecular complexity index is 637. The number of hydrogen-bond donors (Lipinski definition) is 1. The smallest absolute Gasteiger partial charge is 0.306 e. The van der Waals surface area contributed by atoms with Crippen LogP contribution in [0, 0.1) is 5.92 Å². The number of aromatic nitrogens is 3. The average Bonchev–Trinajstić information content (AvgIpc) is 2.90. The number of nitrogens with zero attached hydrogens (tertiary/aromatic N) is 4. The molecule has 2 aromatic rings. The number of aliphatic carboxylic acids is 1. The van der Waals surface area contributed by atoms with Gasteiger partial charge in [0.2, 0.25) is 0 Å². The Morgan fingerprint density at radius 3 is 2.85 bits per heavy atom. The molecular formula is C12H14N4O2S2. The van der Waals surface area contributed by atoms with Crippen molar-refractivity contribution in [3.8, 4) is 0 Å². The van der Waals surface area contributed by atoms with Crippen molar-refractivity contribution in [2.75, 3.05) is 24.2 Å². The van der Waals surface area contributed by atoms with Crippen LogP contribution in [0.1, 0.15) is 12.8 Å². The van der Waals surface area contributed by atoms with Crippen molar-refractivity contribution in [3.63, 3.8) is 0 Å². The molecule has 0 aromatic carbocycles. The molecule has 3 heterocycles. The summed E-state index contributed by atoms with van der Waals surface area (Å²) >= 11 is 3.19. The summed E-state index contributed by atoms with van der Waals surface area (Å²) in [5.41, 5.74) is 0.727. The number of anilines is 1. The molecule has 0 atom stereocenters. The fourth-order valence-corrected chi connectivity index (χ4v) is 3.90. The van der Waals surface area contributed by atoms with Gasteiger partial charge in [0.15, 0.2) is 15.8 Å². The van der Waals surface area contributed by atoms with E-state index in [0.29, 0.717) is 12.8 Å². The number of piperidine rings is 1. The first-order chi connectivity index (χ1) is 9.69. The van der Waals surface area contributed by atoms with Crippen LogP contribution in [0.15, 0.2) is 10.7 Å². The highest BCUT2D eigenvalue weighted by molar-refractivity contribution is 8.00. The van der Waals surface area contributed by atoms with E-state index in [2.05, 4.69) is 19.9 Å². The standard InChI is InChI=1S/C12H14N4O2S2/c1-19-12-15-9-8(20-12)10(14-6-13-9)16-4-2-7(3-5-16)11(17)18/h6-7H,2-5H2,1H3,(H,17,18). The Morgan fingerprint density at radius 2 is 2.20 bits per heavy atom. The van der Waals surface area contributed by atoms with E-state index in [1.165, 1.54) is 6.33 Å². The third kappa shape index (κ3) is 2.45. The van der Waals surface area contributed by atoms with E-state index in [9.17, 15) is 4.79 Å². The van der Waals surface area contributed by atoms with Gasteiger partial charge in [-0.2, -0.15) is 0 Å². The predicted octanol–water partition coefficient (Wildman–Crippen LogP) is 2.11. The van der Waals surface area contributed by atoms with Gasteiger partial charge in [0.05, 0.1) is 5.92 Å². The lowest BCUT2D eigenvalue weighted by molar-refractivity contribution is -0.142. The van der Waals surface area contributed by atoms with Crippen LogP contribution in [-0.4, -0.2) is 45.4 Å². The van der Waals surface area contributed by atoms with Crippen LogP contribution in [0.2, 0.25) is 0 Å². The normalized spacial score (nSPS) is 16.8. The molecule has 0 amide bonds. The van der Waals surface area contributed by atoms with Gasteiger partial charge in [-0.3, -0.25) is 4.79 Å². The molecule has 0 unspecified atom stereocenters. The summed E-state index contributed by atoms with van der Waals surface area (Å²) in [5.74, 6) is -0.0385. The lowest BCUT2D eigenvalue weighted by atomic mass is 9.97. The van der Waals surface area contributed by atoms with Crippen LogP contribution in [-0.2, 0) is 4.79 Å². The van der Waals surface area contributed by atoms with Gasteiger partial charge in [-0.15, -0.1) is 11.3 Å². The number of thiazole rings is 1. The van der Waals surface area contributed by atoms with Crippen molar-refractivity contribution in [3.05, 3.63) is 6.33 Å². The highest BCUT2D eigenvalue weighted by atomic mass is 32.2. The molecule has 20 heavy (non-hydrogen) atoms. The second-order valence-corrected chi connectivity index (χ2v) is 6.69. The Balaban J connectivity index is 1.87. The Kier molecular flexibility index (Phi) is 3.75. The zero-order valence-corrected chi connectivity index (χ0v) is 12.6. The molecule has 2 aromatic heterocycles. The second kappa shape index (κ2) is 5.53. The first kappa shape index (κ1) is 13.6. The fraction of sp³-hybridized carbons (Fsp3) is 0.500. The molecule has 1 aliphatic rings. The minimum Gasteiger partial charge on any atom is -0.481 e. The zero-order valence-electron chi connectivity index (χ0n) is 10.9. The van der Waals surface area contributed by atoms with Gasteiger partial charge < -0.3 is 10.0 Å². The Morgan fingerprint density at radius 1 is 1.45 bits per heavy atom. The van der Waals surface area contributed by atoms with E-state index in [1.807, 2.05) is 6.26 Å². The topological polar surface area (TPSA) is 79.2 Å². The lowest BCUT2D eigenvalue weighted by Gasteiger charge is -2.30. The maximum absolute atomic E-state index is 11.0. The van der Waals surface area contributed by atoms with E-state index in [-0.39, 0.29) is 5.92 Å². The maximum Gasteiger partial charge on any atom is 0.306 e. The highest BCUT2D eigenvalue weighted by Crippen LogP contribution is 2.34. The van der Waals surface area contributed by atoms with Gasteiger partial charge in [0.25, 0.3) is 0 Å². The van der Waals surface area contributed by atoms with Crippen LogP contribution in [0.4, 0.5) is 5.82 Å². The number of carbonyl (C=O) groups is 1. The third-order valence-corrected chi connectivity index (χ3v) is 5.50. The van der Waals surface area contributed by atoms with Crippen molar-refractivity contribution in [2.24, 2.45) is 5.92 Å². The van der Waals surface area contributed by atoms with Crippen LogP contribution in [0.25, 0.3) is 10.3 Å². The maximum atomic E-state index is 11.0.